The number of aromatic nitrogens is 4. The fraction of sp³-hybridized carbons (Fsp3) is 0.526. The quantitative estimate of drug-likeness (QED) is 0.212. The maximum atomic E-state index is 12.5. The first-order valence-corrected chi connectivity index (χ1v) is 11.9. The van der Waals surface area contributed by atoms with Gasteiger partial charge in [0.15, 0.2) is 10.8 Å². The van der Waals surface area contributed by atoms with Crippen LogP contribution >= 0.6 is 19.2 Å². The Kier molecular flexibility index (Phi) is 9.54. The summed E-state index contributed by atoms with van der Waals surface area (Å²) in [5, 5.41) is 2.49. The van der Waals surface area contributed by atoms with E-state index >= 15 is 0 Å². The molecule has 0 aliphatic heterocycles. The van der Waals surface area contributed by atoms with Crippen LogP contribution in [0.15, 0.2) is 18.5 Å². The molecule has 2 aromatic rings. The molecule has 0 aliphatic carbocycles. The molecule has 15 heteroatoms. The van der Waals surface area contributed by atoms with Gasteiger partial charge in [0.05, 0.1) is 20.0 Å². The maximum absolute atomic E-state index is 12.5. The van der Waals surface area contributed by atoms with Crippen molar-refractivity contribution < 1.29 is 37.4 Å². The van der Waals surface area contributed by atoms with E-state index in [1.807, 2.05) is 0 Å². The number of rotatable bonds is 10. The number of methoxy groups -OCH3 is 1. The van der Waals surface area contributed by atoms with Crippen molar-refractivity contribution in [1.29, 1.82) is 0 Å². The highest BCUT2D eigenvalue weighted by molar-refractivity contribution is 7.55. The third-order valence-electron chi connectivity index (χ3n) is 4.05. The fourth-order valence-electron chi connectivity index (χ4n) is 2.55. The molecule has 1 amide bonds. The van der Waals surface area contributed by atoms with E-state index in [2.05, 4.69) is 25.0 Å². The van der Waals surface area contributed by atoms with Crippen molar-refractivity contribution in [2.45, 2.75) is 38.8 Å². The summed E-state index contributed by atoms with van der Waals surface area (Å²) in [5.74, 6) is -2.48. The van der Waals surface area contributed by atoms with Gasteiger partial charge in [-0.3, -0.25) is 9.88 Å². The molecular formula is C19H27ClN5O8P. The number of imidazole rings is 1. The fourth-order valence-corrected chi connectivity index (χ4v) is 3.93. The number of carbonyl (C=O) groups is 2. The smallest absolute Gasteiger partial charge is 0.414 e. The molecule has 0 fully saturated rings. The van der Waals surface area contributed by atoms with Gasteiger partial charge in [-0.25, -0.2) is 14.6 Å². The minimum atomic E-state index is -3.85. The van der Waals surface area contributed by atoms with E-state index in [1.54, 1.807) is 37.5 Å². The van der Waals surface area contributed by atoms with Crippen LogP contribution in [0.3, 0.4) is 0 Å². The number of fused-ring (bicyclic) bond motifs is 1. The minimum absolute atomic E-state index is 0.0448. The Bertz CT molecular complexity index is 1090. The molecule has 1 N–H and O–H groups in total. The molecule has 0 saturated carbocycles. The number of hydrogen-bond acceptors (Lipinski definition) is 11. The van der Waals surface area contributed by atoms with E-state index in [4.69, 9.17) is 30.1 Å². The van der Waals surface area contributed by atoms with Crippen molar-refractivity contribution in [3.63, 3.8) is 0 Å². The van der Waals surface area contributed by atoms with Crippen molar-refractivity contribution >= 4 is 48.4 Å². The van der Waals surface area contributed by atoms with Gasteiger partial charge in [-0.1, -0.05) is 23.8 Å². The standard InChI is InChI=1S/C19H27ClN5O8P/c1-19(2,3)33-18(27)24-17-22-13(20)12-14(23-17)25(11-21-12)9-7-8-10-32-16(15(26)29-4)34(28,30-5)31-6/h7-8,11,16H,9-10H2,1-6H3,(H,22,23,24,27)/b8-7-. The summed E-state index contributed by atoms with van der Waals surface area (Å²) in [4.78, 5) is 36.4. The van der Waals surface area contributed by atoms with Crippen molar-refractivity contribution in [3.8, 4) is 0 Å². The largest absolute Gasteiger partial charge is 0.467 e. The van der Waals surface area contributed by atoms with Gasteiger partial charge in [0.25, 0.3) is 5.85 Å². The van der Waals surface area contributed by atoms with Crippen LogP contribution in [0.4, 0.5) is 10.7 Å². The van der Waals surface area contributed by atoms with E-state index in [0.29, 0.717) is 11.2 Å². The molecule has 2 rings (SSSR count). The molecule has 0 radical (unpaired) electrons. The summed E-state index contributed by atoms with van der Waals surface area (Å²) in [5.41, 5.74) is 0.0139. The van der Waals surface area contributed by atoms with Crippen LogP contribution in [-0.2, 0) is 39.2 Å². The molecule has 2 heterocycles. The van der Waals surface area contributed by atoms with Crippen LogP contribution in [0.1, 0.15) is 20.8 Å². The van der Waals surface area contributed by atoms with E-state index in [0.717, 1.165) is 21.3 Å². The number of anilines is 1. The SMILES string of the molecule is COC(=O)C(OC/C=C\Cn1cnc2c(Cl)nc(NC(=O)OC(C)(C)C)nc21)P(=O)(OC)OC. The normalized spacial score (nSPS) is 13.3. The summed E-state index contributed by atoms with van der Waals surface area (Å²) in [6, 6.07) is 0. The van der Waals surface area contributed by atoms with Crippen molar-refractivity contribution in [2.75, 3.05) is 33.3 Å². The molecule has 0 bridgehead atoms. The van der Waals surface area contributed by atoms with Gasteiger partial charge in [-0.2, -0.15) is 9.97 Å². The molecule has 2 aromatic heterocycles. The second kappa shape index (κ2) is 11.7. The average Bonchev–Trinajstić information content (AvgIpc) is 3.17. The zero-order valence-electron chi connectivity index (χ0n) is 19.6. The Morgan fingerprint density at radius 1 is 1.21 bits per heavy atom. The third kappa shape index (κ3) is 7.21. The van der Waals surface area contributed by atoms with E-state index in [9.17, 15) is 14.2 Å². The first-order valence-electron chi connectivity index (χ1n) is 9.88. The molecule has 13 nitrogen and oxygen atoms in total. The lowest BCUT2D eigenvalue weighted by molar-refractivity contribution is -0.149. The number of ether oxygens (including phenoxy) is 3. The predicted octanol–water partition coefficient (Wildman–Crippen LogP) is 3.38. The molecule has 1 atom stereocenters. The molecule has 188 valence electrons. The number of nitrogens with one attached hydrogen (secondary N) is 1. The molecule has 0 spiro atoms. The Labute approximate surface area is 201 Å². The first kappa shape index (κ1) is 27.7. The van der Waals surface area contributed by atoms with Crippen LogP contribution in [0, 0.1) is 0 Å². The van der Waals surface area contributed by atoms with E-state index in [1.165, 1.54) is 6.33 Å². The average molecular weight is 520 g/mol. The number of allylic oxidation sites excluding steroid dienone is 1. The van der Waals surface area contributed by atoms with Gasteiger partial charge in [-0.15, -0.1) is 0 Å². The van der Waals surface area contributed by atoms with Crippen LogP contribution in [0.25, 0.3) is 11.2 Å². The zero-order valence-corrected chi connectivity index (χ0v) is 21.3. The van der Waals surface area contributed by atoms with Gasteiger partial charge in [-0.05, 0) is 20.8 Å². The van der Waals surface area contributed by atoms with Crippen LogP contribution in [0.2, 0.25) is 5.15 Å². The Morgan fingerprint density at radius 3 is 2.47 bits per heavy atom. The van der Waals surface area contributed by atoms with Gasteiger partial charge in [0, 0.05) is 20.8 Å². The Morgan fingerprint density at radius 2 is 1.88 bits per heavy atom. The number of hydrogen-bond donors (Lipinski definition) is 1. The summed E-state index contributed by atoms with van der Waals surface area (Å²) in [6.07, 6.45) is 4.04. The van der Waals surface area contributed by atoms with E-state index < -0.39 is 31.1 Å². The molecule has 34 heavy (non-hydrogen) atoms. The molecule has 0 aliphatic rings. The number of halogens is 1. The second-order valence-corrected chi connectivity index (χ2v) is 10.3. The lowest BCUT2D eigenvalue weighted by Crippen LogP contribution is -2.27. The van der Waals surface area contributed by atoms with Crippen molar-refractivity contribution in [3.05, 3.63) is 23.6 Å². The highest BCUT2D eigenvalue weighted by Crippen LogP contribution is 2.52. The maximum Gasteiger partial charge on any atom is 0.414 e. The molecule has 1 unspecified atom stereocenters. The van der Waals surface area contributed by atoms with E-state index in [-0.39, 0.29) is 24.3 Å². The van der Waals surface area contributed by atoms with Gasteiger partial charge in [0.2, 0.25) is 5.95 Å². The Hall–Kier alpha value is -2.57. The highest BCUT2D eigenvalue weighted by atomic mass is 35.5. The van der Waals surface area contributed by atoms with Crippen LogP contribution in [0.5, 0.6) is 0 Å². The Balaban J connectivity index is 2.10. The van der Waals surface area contributed by atoms with Crippen LogP contribution < -0.4 is 5.32 Å². The van der Waals surface area contributed by atoms with Gasteiger partial charge in [0.1, 0.15) is 11.1 Å². The summed E-state index contributed by atoms with van der Waals surface area (Å²) in [7, 11) is -0.437. The van der Waals surface area contributed by atoms with Crippen molar-refractivity contribution in [1.82, 2.24) is 19.5 Å². The zero-order chi connectivity index (χ0) is 25.5. The number of nitrogens with zero attached hydrogens (tertiary/aromatic N) is 4. The summed E-state index contributed by atoms with van der Waals surface area (Å²) >= 11 is 6.17. The minimum Gasteiger partial charge on any atom is -0.467 e. The molecular weight excluding hydrogens is 493 g/mol. The molecule has 0 aromatic carbocycles. The topological polar surface area (TPSA) is 153 Å². The summed E-state index contributed by atoms with van der Waals surface area (Å²) < 4.78 is 38.9. The first-order chi connectivity index (χ1) is 15.9. The lowest BCUT2D eigenvalue weighted by atomic mass is 10.2. The summed E-state index contributed by atoms with van der Waals surface area (Å²) in [6.45, 7) is 5.38. The number of esters is 1. The predicted molar refractivity (Wildman–Crippen MR) is 123 cm³/mol. The van der Waals surface area contributed by atoms with Gasteiger partial charge < -0.3 is 27.8 Å². The highest BCUT2D eigenvalue weighted by Gasteiger charge is 2.42. The van der Waals surface area contributed by atoms with Gasteiger partial charge >= 0.3 is 19.7 Å². The van der Waals surface area contributed by atoms with Crippen molar-refractivity contribution in [2.24, 2.45) is 0 Å². The monoisotopic (exact) mass is 519 g/mol. The second-order valence-electron chi connectivity index (χ2n) is 7.62. The van der Waals surface area contributed by atoms with Crippen LogP contribution in [-0.4, -0.2) is 71.0 Å². The molecule has 0 saturated heterocycles. The lowest BCUT2D eigenvalue weighted by Gasteiger charge is -2.21. The third-order valence-corrected chi connectivity index (χ3v) is 6.27. The number of carbonyl (C=O) groups excluding carboxylic acids is 2. The number of amides is 1.